The van der Waals surface area contributed by atoms with E-state index in [1.807, 2.05) is 0 Å². The lowest BCUT2D eigenvalue weighted by atomic mass is 9.82. The molecule has 1 aromatic carbocycles. The highest BCUT2D eigenvalue weighted by Gasteiger charge is 2.52. The number of benzene rings is 1. The average molecular weight is 479 g/mol. The Bertz CT molecular complexity index is 1260. The highest BCUT2D eigenvalue weighted by Crippen LogP contribution is 2.54. The molecular formula is C24H26N6O5. The third-order valence-corrected chi connectivity index (χ3v) is 7.96. The van der Waals surface area contributed by atoms with Gasteiger partial charge >= 0.3 is 0 Å². The van der Waals surface area contributed by atoms with Gasteiger partial charge in [0.2, 0.25) is 17.7 Å². The molecule has 0 spiro atoms. The van der Waals surface area contributed by atoms with Crippen LogP contribution < -0.4 is 10.6 Å². The van der Waals surface area contributed by atoms with E-state index in [0.29, 0.717) is 34.8 Å². The molecule has 1 aromatic heterocycles. The molecule has 3 N–H and O–H groups in total. The topological polar surface area (TPSA) is 147 Å². The van der Waals surface area contributed by atoms with Crippen molar-refractivity contribution in [2.45, 2.75) is 63.3 Å². The molecule has 3 fully saturated rings. The van der Waals surface area contributed by atoms with Gasteiger partial charge in [0.25, 0.3) is 5.91 Å². The van der Waals surface area contributed by atoms with Gasteiger partial charge in [-0.3, -0.25) is 24.5 Å². The predicted molar refractivity (Wildman–Crippen MR) is 120 cm³/mol. The summed E-state index contributed by atoms with van der Waals surface area (Å²) in [5, 5.41) is 24.5. The number of carbonyl (C=O) groups is 4. The summed E-state index contributed by atoms with van der Waals surface area (Å²) in [6, 6.07) is 4.33. The van der Waals surface area contributed by atoms with Crippen LogP contribution in [0.15, 0.2) is 24.4 Å². The van der Waals surface area contributed by atoms with E-state index < -0.39 is 17.6 Å². The van der Waals surface area contributed by atoms with E-state index in [1.165, 1.54) is 9.58 Å². The van der Waals surface area contributed by atoms with E-state index in [-0.39, 0.29) is 49.6 Å². The molecule has 11 nitrogen and oxygen atoms in total. The molecule has 35 heavy (non-hydrogen) atoms. The van der Waals surface area contributed by atoms with Crippen molar-refractivity contribution in [1.29, 1.82) is 0 Å². The first kappa shape index (κ1) is 21.9. The average Bonchev–Trinajstić information content (AvgIpc) is 3.59. The standard InChI is InChI=1S/C24H26N6O5/c31-20-7-6-18(22(33)26-20)30-10-16-15(23(30)34)2-1-3-17(16)25-21(32)12-29-11-19(27-28-29)24(35)9-13-4-5-14(24)8-13/h1-3,11,13-14,18,35H,4-10,12H2,(H,25,32)(H,26,31,33). The van der Waals surface area contributed by atoms with Crippen molar-refractivity contribution in [2.24, 2.45) is 11.8 Å². The Morgan fingerprint density at radius 3 is 2.83 bits per heavy atom. The van der Waals surface area contributed by atoms with Crippen LogP contribution in [0, 0.1) is 11.8 Å². The van der Waals surface area contributed by atoms with Gasteiger partial charge in [0.05, 0.1) is 6.20 Å². The van der Waals surface area contributed by atoms with Gasteiger partial charge in [0.1, 0.15) is 23.9 Å². The summed E-state index contributed by atoms with van der Waals surface area (Å²) in [5.74, 6) is -0.740. The number of aromatic nitrogens is 3. The first-order valence-corrected chi connectivity index (χ1v) is 12.0. The minimum atomic E-state index is -0.961. The number of anilines is 1. The zero-order valence-corrected chi connectivity index (χ0v) is 19.1. The lowest BCUT2D eigenvalue weighted by molar-refractivity contribution is -0.137. The van der Waals surface area contributed by atoms with Crippen molar-refractivity contribution in [3.63, 3.8) is 0 Å². The minimum Gasteiger partial charge on any atom is -0.383 e. The summed E-state index contributed by atoms with van der Waals surface area (Å²) in [6.07, 6.45) is 5.93. The Morgan fingerprint density at radius 1 is 1.23 bits per heavy atom. The van der Waals surface area contributed by atoms with Crippen LogP contribution in [0.3, 0.4) is 0 Å². The second-order valence-electron chi connectivity index (χ2n) is 10.1. The second-order valence-corrected chi connectivity index (χ2v) is 10.1. The quantitative estimate of drug-likeness (QED) is 0.536. The molecule has 4 amide bonds. The Balaban J connectivity index is 1.15. The fourth-order valence-corrected chi connectivity index (χ4v) is 6.23. The maximum absolute atomic E-state index is 13.0. The number of amides is 4. The van der Waals surface area contributed by atoms with Crippen LogP contribution in [0.25, 0.3) is 0 Å². The molecule has 4 unspecified atom stereocenters. The van der Waals surface area contributed by atoms with Gasteiger partial charge in [-0.2, -0.15) is 0 Å². The Morgan fingerprint density at radius 2 is 2.09 bits per heavy atom. The van der Waals surface area contributed by atoms with Crippen molar-refractivity contribution in [3.8, 4) is 0 Å². The third kappa shape index (κ3) is 3.61. The molecular weight excluding hydrogens is 452 g/mol. The van der Waals surface area contributed by atoms with Crippen molar-refractivity contribution >= 4 is 29.3 Å². The van der Waals surface area contributed by atoms with Crippen LogP contribution in [0.5, 0.6) is 0 Å². The number of hydrogen-bond donors (Lipinski definition) is 3. The van der Waals surface area contributed by atoms with Crippen LogP contribution in [-0.4, -0.2) is 54.7 Å². The number of piperidine rings is 1. The maximum atomic E-state index is 13.0. The summed E-state index contributed by atoms with van der Waals surface area (Å²) in [7, 11) is 0. The van der Waals surface area contributed by atoms with Gasteiger partial charge in [-0.05, 0) is 56.1 Å². The number of hydrogen-bond acceptors (Lipinski definition) is 7. The lowest BCUT2D eigenvalue weighted by Crippen LogP contribution is -2.52. The Kier molecular flexibility index (Phi) is 4.99. The summed E-state index contributed by atoms with van der Waals surface area (Å²) >= 11 is 0. The summed E-state index contributed by atoms with van der Waals surface area (Å²) in [5.41, 5.74) is 1.10. The maximum Gasteiger partial charge on any atom is 0.255 e. The van der Waals surface area contributed by atoms with Gasteiger partial charge in [0, 0.05) is 29.8 Å². The molecule has 2 aromatic rings. The fourth-order valence-electron chi connectivity index (χ4n) is 6.23. The van der Waals surface area contributed by atoms with Crippen molar-refractivity contribution in [2.75, 3.05) is 5.32 Å². The van der Waals surface area contributed by atoms with Gasteiger partial charge in [-0.1, -0.05) is 11.3 Å². The van der Waals surface area contributed by atoms with Crippen LogP contribution >= 0.6 is 0 Å². The molecule has 1 saturated heterocycles. The summed E-state index contributed by atoms with van der Waals surface area (Å²) in [4.78, 5) is 51.0. The number of fused-ring (bicyclic) bond motifs is 3. The highest BCUT2D eigenvalue weighted by molar-refractivity contribution is 6.06. The molecule has 11 heteroatoms. The normalized spacial score (nSPS) is 29.5. The zero-order valence-electron chi connectivity index (χ0n) is 19.1. The third-order valence-electron chi connectivity index (χ3n) is 7.96. The largest absolute Gasteiger partial charge is 0.383 e. The Labute approximate surface area is 200 Å². The molecule has 6 rings (SSSR count). The predicted octanol–water partition coefficient (Wildman–Crippen LogP) is 0.685. The molecule has 2 bridgehead atoms. The first-order chi connectivity index (χ1) is 16.8. The molecule has 4 aliphatic rings. The molecule has 4 atom stereocenters. The number of aliphatic hydroxyl groups is 1. The Hall–Kier alpha value is -3.60. The number of carbonyl (C=O) groups excluding carboxylic acids is 4. The van der Waals surface area contributed by atoms with E-state index in [2.05, 4.69) is 20.9 Å². The second kappa shape index (κ2) is 7.98. The molecule has 2 aliphatic heterocycles. The minimum absolute atomic E-state index is 0.0916. The van der Waals surface area contributed by atoms with E-state index in [1.54, 1.807) is 24.4 Å². The number of nitrogens with one attached hydrogen (secondary N) is 2. The molecule has 0 radical (unpaired) electrons. The summed E-state index contributed by atoms with van der Waals surface area (Å²) < 4.78 is 1.42. The van der Waals surface area contributed by atoms with Crippen molar-refractivity contribution in [1.82, 2.24) is 25.2 Å². The van der Waals surface area contributed by atoms with E-state index >= 15 is 0 Å². The molecule has 2 saturated carbocycles. The number of nitrogens with zero attached hydrogens (tertiary/aromatic N) is 4. The van der Waals surface area contributed by atoms with Crippen LogP contribution in [0.2, 0.25) is 0 Å². The van der Waals surface area contributed by atoms with Crippen LogP contribution in [0.4, 0.5) is 5.69 Å². The van der Waals surface area contributed by atoms with Gasteiger partial charge in [-0.25, -0.2) is 4.68 Å². The van der Waals surface area contributed by atoms with E-state index in [4.69, 9.17) is 0 Å². The van der Waals surface area contributed by atoms with Gasteiger partial charge in [-0.15, -0.1) is 5.10 Å². The van der Waals surface area contributed by atoms with E-state index in [0.717, 1.165) is 19.3 Å². The fraction of sp³-hybridized carbons (Fsp3) is 0.500. The number of imide groups is 1. The van der Waals surface area contributed by atoms with Crippen LogP contribution in [0.1, 0.15) is 60.1 Å². The molecule has 182 valence electrons. The molecule has 3 heterocycles. The smallest absolute Gasteiger partial charge is 0.255 e. The van der Waals surface area contributed by atoms with Crippen molar-refractivity contribution in [3.05, 3.63) is 41.2 Å². The van der Waals surface area contributed by atoms with E-state index in [9.17, 15) is 24.3 Å². The first-order valence-electron chi connectivity index (χ1n) is 12.0. The lowest BCUT2D eigenvalue weighted by Gasteiger charge is -2.30. The highest BCUT2D eigenvalue weighted by atomic mass is 16.3. The zero-order chi connectivity index (χ0) is 24.3. The SMILES string of the molecule is O=C1CCC(N2Cc3c(NC(=O)Cn4cc(C5(O)CC6CCC5C6)nn4)cccc3C2=O)C(=O)N1. The van der Waals surface area contributed by atoms with Crippen LogP contribution in [-0.2, 0) is 33.1 Å². The van der Waals surface area contributed by atoms with Crippen molar-refractivity contribution < 1.29 is 24.3 Å². The number of rotatable bonds is 5. The van der Waals surface area contributed by atoms with Gasteiger partial charge < -0.3 is 15.3 Å². The van der Waals surface area contributed by atoms with Gasteiger partial charge in [0.15, 0.2) is 0 Å². The summed E-state index contributed by atoms with van der Waals surface area (Å²) in [6.45, 7) is 0.0750. The monoisotopic (exact) mass is 478 g/mol. The molecule has 2 aliphatic carbocycles.